The van der Waals surface area contributed by atoms with Crippen LogP contribution in [0.15, 0.2) is 54.6 Å². The van der Waals surface area contributed by atoms with Gasteiger partial charge in [-0.25, -0.2) is 4.98 Å². The van der Waals surface area contributed by atoms with Crippen LogP contribution >= 0.6 is 0 Å². The van der Waals surface area contributed by atoms with Crippen LogP contribution in [0.4, 0.5) is 18.9 Å². The summed E-state index contributed by atoms with van der Waals surface area (Å²) in [7, 11) is 0. The van der Waals surface area contributed by atoms with Crippen LogP contribution in [-0.2, 0) is 12.7 Å². The molecule has 11 heteroatoms. The first-order chi connectivity index (χ1) is 17.0. The summed E-state index contributed by atoms with van der Waals surface area (Å²) < 4.78 is 42.8. The maximum Gasteiger partial charge on any atom is 0.437 e. The van der Waals surface area contributed by atoms with Gasteiger partial charge in [-0.1, -0.05) is 42.5 Å². The van der Waals surface area contributed by atoms with E-state index >= 15 is 0 Å². The molecule has 0 saturated carbocycles. The van der Waals surface area contributed by atoms with Gasteiger partial charge in [-0.3, -0.25) is 14.3 Å². The van der Waals surface area contributed by atoms with Crippen LogP contribution in [0.1, 0.15) is 56.4 Å². The van der Waals surface area contributed by atoms with E-state index in [1.54, 1.807) is 55.5 Å². The van der Waals surface area contributed by atoms with Crippen molar-refractivity contribution in [1.82, 2.24) is 14.8 Å². The van der Waals surface area contributed by atoms with Crippen LogP contribution < -0.4 is 11.1 Å². The number of fused-ring (bicyclic) bond motifs is 1. The minimum Gasteiger partial charge on any atom is -0.389 e. The number of aromatic nitrogens is 3. The predicted octanol–water partition coefficient (Wildman–Crippen LogP) is 4.21. The first-order valence-corrected chi connectivity index (χ1v) is 10.9. The number of hydrogen-bond donors (Lipinski definition) is 3. The smallest absolute Gasteiger partial charge is 0.389 e. The van der Waals surface area contributed by atoms with E-state index in [0.717, 1.165) is 10.7 Å². The van der Waals surface area contributed by atoms with Crippen molar-refractivity contribution in [1.29, 1.82) is 0 Å². The molecule has 0 aliphatic carbocycles. The van der Waals surface area contributed by atoms with E-state index in [1.165, 1.54) is 6.92 Å². The van der Waals surface area contributed by atoms with Crippen molar-refractivity contribution >= 4 is 28.4 Å². The van der Waals surface area contributed by atoms with Crippen LogP contribution in [0, 0.1) is 6.92 Å². The Balaban J connectivity index is 1.73. The Kier molecular flexibility index (Phi) is 6.51. The summed E-state index contributed by atoms with van der Waals surface area (Å²) in [5.41, 5.74) is 5.05. The van der Waals surface area contributed by atoms with Crippen molar-refractivity contribution in [2.45, 2.75) is 32.7 Å². The van der Waals surface area contributed by atoms with Crippen LogP contribution in [0.5, 0.6) is 0 Å². The second-order valence-electron chi connectivity index (χ2n) is 8.27. The molecule has 2 aromatic carbocycles. The zero-order valence-corrected chi connectivity index (χ0v) is 19.3. The molecule has 0 spiro atoms. The third-order valence-electron chi connectivity index (χ3n) is 5.72. The number of carbonyl (C=O) groups is 2. The number of hydrogen-bond acceptors (Lipinski definition) is 5. The van der Waals surface area contributed by atoms with Gasteiger partial charge in [0.15, 0.2) is 5.69 Å². The normalized spacial score (nSPS) is 12.5. The van der Waals surface area contributed by atoms with E-state index in [2.05, 4.69) is 15.4 Å². The third kappa shape index (κ3) is 4.91. The number of pyridine rings is 1. The minimum absolute atomic E-state index is 0.00881. The van der Waals surface area contributed by atoms with Gasteiger partial charge < -0.3 is 16.2 Å². The molecule has 2 aromatic heterocycles. The van der Waals surface area contributed by atoms with Crippen LogP contribution in [0.25, 0.3) is 10.9 Å². The Bertz CT molecular complexity index is 1460. The molecule has 4 N–H and O–H groups in total. The number of nitrogens with zero attached hydrogens (tertiary/aromatic N) is 3. The topological polar surface area (TPSA) is 123 Å². The van der Waals surface area contributed by atoms with Gasteiger partial charge in [0, 0.05) is 5.39 Å². The number of nitrogens with two attached hydrogens (primary N) is 1. The molecule has 2 amide bonds. The monoisotopic (exact) mass is 497 g/mol. The number of aliphatic hydroxyl groups is 1. The van der Waals surface area contributed by atoms with Crippen molar-refractivity contribution in [3.05, 3.63) is 88.4 Å². The molecule has 8 nitrogen and oxygen atoms in total. The Labute approximate surface area is 203 Å². The SMILES string of the molecule is Cc1c(NC(=O)c2cc(C(N)=O)nc3ccccc23)c(C(F)(F)F)nn1Cc1ccc(C(C)O)cc1. The quantitative estimate of drug-likeness (QED) is 0.368. The van der Waals surface area contributed by atoms with Gasteiger partial charge in [0.05, 0.1) is 35.1 Å². The Morgan fingerprint density at radius 1 is 1.14 bits per heavy atom. The summed E-state index contributed by atoms with van der Waals surface area (Å²) in [4.78, 5) is 29.0. The van der Waals surface area contributed by atoms with Gasteiger partial charge in [0.25, 0.3) is 11.8 Å². The lowest BCUT2D eigenvalue weighted by Crippen LogP contribution is -2.19. The number of aliphatic hydroxyl groups excluding tert-OH is 1. The highest BCUT2D eigenvalue weighted by Crippen LogP contribution is 2.36. The molecule has 186 valence electrons. The second kappa shape index (κ2) is 9.42. The van der Waals surface area contributed by atoms with Gasteiger partial charge >= 0.3 is 6.18 Å². The van der Waals surface area contributed by atoms with Crippen LogP contribution in [0.3, 0.4) is 0 Å². The minimum atomic E-state index is -4.84. The Morgan fingerprint density at radius 2 is 1.81 bits per heavy atom. The summed E-state index contributed by atoms with van der Waals surface area (Å²) in [6.07, 6.45) is -5.52. The number of amides is 2. The van der Waals surface area contributed by atoms with E-state index in [4.69, 9.17) is 5.73 Å². The van der Waals surface area contributed by atoms with Gasteiger partial charge in [0.1, 0.15) is 5.69 Å². The molecule has 0 radical (unpaired) electrons. The molecule has 1 unspecified atom stereocenters. The highest BCUT2D eigenvalue weighted by molar-refractivity contribution is 6.14. The predicted molar refractivity (Wildman–Crippen MR) is 126 cm³/mol. The fourth-order valence-electron chi connectivity index (χ4n) is 3.79. The zero-order valence-electron chi connectivity index (χ0n) is 19.3. The number of halogens is 3. The largest absolute Gasteiger partial charge is 0.437 e. The fourth-order valence-corrected chi connectivity index (χ4v) is 3.79. The number of nitrogens with one attached hydrogen (secondary N) is 1. The number of para-hydroxylation sites is 1. The number of primary amides is 1. The van der Waals surface area contributed by atoms with Crippen LogP contribution in [0.2, 0.25) is 0 Å². The average molecular weight is 497 g/mol. The molecule has 4 rings (SSSR count). The Morgan fingerprint density at radius 3 is 2.42 bits per heavy atom. The maximum atomic E-state index is 13.9. The summed E-state index contributed by atoms with van der Waals surface area (Å²) in [5.74, 6) is -1.75. The van der Waals surface area contributed by atoms with E-state index in [-0.39, 0.29) is 23.5 Å². The fraction of sp³-hybridized carbons (Fsp3) is 0.200. The lowest BCUT2D eigenvalue weighted by atomic mass is 10.1. The average Bonchev–Trinajstić information content (AvgIpc) is 3.13. The molecular weight excluding hydrogens is 475 g/mol. The van der Waals surface area contributed by atoms with Crippen molar-refractivity contribution in [2.24, 2.45) is 5.73 Å². The number of alkyl halides is 3. The molecule has 0 fully saturated rings. The molecule has 0 aliphatic heterocycles. The highest BCUT2D eigenvalue weighted by Gasteiger charge is 2.39. The van der Waals surface area contributed by atoms with Crippen molar-refractivity contribution < 1.29 is 27.9 Å². The zero-order chi connectivity index (χ0) is 26.2. The highest BCUT2D eigenvalue weighted by atomic mass is 19.4. The number of carbonyl (C=O) groups excluding carboxylic acids is 2. The molecule has 2 heterocycles. The van der Waals surface area contributed by atoms with Gasteiger partial charge in [-0.05, 0) is 37.1 Å². The molecule has 36 heavy (non-hydrogen) atoms. The van der Waals surface area contributed by atoms with E-state index < -0.39 is 35.5 Å². The summed E-state index contributed by atoms with van der Waals surface area (Å²) >= 11 is 0. The van der Waals surface area contributed by atoms with Crippen LogP contribution in [-0.4, -0.2) is 31.7 Å². The van der Waals surface area contributed by atoms with Crippen molar-refractivity contribution in [3.63, 3.8) is 0 Å². The van der Waals surface area contributed by atoms with E-state index in [9.17, 15) is 27.9 Å². The van der Waals surface area contributed by atoms with Crippen molar-refractivity contribution in [3.8, 4) is 0 Å². The van der Waals surface area contributed by atoms with E-state index in [0.29, 0.717) is 22.0 Å². The summed E-state index contributed by atoms with van der Waals surface area (Å²) in [6, 6.07) is 14.3. The number of benzene rings is 2. The van der Waals surface area contributed by atoms with Gasteiger partial charge in [-0.2, -0.15) is 18.3 Å². The number of anilines is 1. The number of rotatable bonds is 6. The maximum absolute atomic E-state index is 13.9. The summed E-state index contributed by atoms with van der Waals surface area (Å²) in [5, 5.41) is 16.1. The van der Waals surface area contributed by atoms with Crippen molar-refractivity contribution in [2.75, 3.05) is 5.32 Å². The third-order valence-corrected chi connectivity index (χ3v) is 5.72. The lowest BCUT2D eigenvalue weighted by molar-refractivity contribution is -0.140. The first-order valence-electron chi connectivity index (χ1n) is 10.9. The molecule has 0 bridgehead atoms. The molecule has 0 saturated heterocycles. The van der Waals surface area contributed by atoms with Gasteiger partial charge in [0.2, 0.25) is 0 Å². The second-order valence-corrected chi connectivity index (χ2v) is 8.27. The Hall–Kier alpha value is -4.25. The molecule has 1 atom stereocenters. The summed E-state index contributed by atoms with van der Waals surface area (Å²) in [6.45, 7) is 3.03. The van der Waals surface area contributed by atoms with E-state index in [1.807, 2.05) is 0 Å². The molecule has 0 aliphatic rings. The lowest BCUT2D eigenvalue weighted by Gasteiger charge is -2.11. The molecule has 4 aromatic rings. The van der Waals surface area contributed by atoms with Gasteiger partial charge in [-0.15, -0.1) is 0 Å². The first kappa shape index (κ1) is 24.9. The molecular formula is C25H22F3N5O3. The standard InChI is InChI=1S/C25H22F3N5O3/c1-13-21(31-24(36)18-11-20(23(29)35)30-19-6-4-3-5-17(18)19)22(25(26,27)28)32-33(13)12-15-7-9-16(10-8-15)14(2)34/h3-11,14,34H,12H2,1-2H3,(H2,29,35)(H,31,36).